The lowest BCUT2D eigenvalue weighted by Gasteiger charge is -2.54. The van der Waals surface area contributed by atoms with Crippen LogP contribution in [0.3, 0.4) is 0 Å². The Bertz CT molecular complexity index is 1060. The fraction of sp³-hybridized carbons (Fsp3) is 0.655. The van der Waals surface area contributed by atoms with Crippen LogP contribution in [0.4, 0.5) is 0 Å². The molecule has 0 aromatic heterocycles. The van der Waals surface area contributed by atoms with Gasteiger partial charge in [-0.15, -0.1) is 0 Å². The van der Waals surface area contributed by atoms with Gasteiger partial charge in [-0.3, -0.25) is 9.59 Å². The van der Waals surface area contributed by atoms with Crippen molar-refractivity contribution >= 4 is 23.5 Å². The zero-order valence-electron chi connectivity index (χ0n) is 21.0. The fourth-order valence-electron chi connectivity index (χ4n) is 7.25. The number of hydrogen-bond acceptors (Lipinski definition) is 2. The Morgan fingerprint density at radius 3 is 2.56 bits per heavy atom. The predicted molar refractivity (Wildman–Crippen MR) is 135 cm³/mol. The van der Waals surface area contributed by atoms with Crippen LogP contribution in [0.5, 0.6) is 0 Å². The number of rotatable bonds is 5. The standard InChI is InChI=1S/C29H38ClNO3/c1-19-7-10-29(21-6-5-20(23(30)14-21)8-9-26(2,3)4)15-24(32)31(16-22(29)13-19)28-12-11-27(17-28,18-28)25(33)34/h5-6,14,16,19H,7-13,15,17-18H2,1-4H3,(H,33,34)/t19?,27?,28?,29-/m0/s1. The summed E-state index contributed by atoms with van der Waals surface area (Å²) >= 11 is 6.81. The van der Waals surface area contributed by atoms with Crippen molar-refractivity contribution in [3.05, 3.63) is 46.1 Å². The molecule has 0 radical (unpaired) electrons. The summed E-state index contributed by atoms with van der Waals surface area (Å²) in [4.78, 5) is 27.4. The molecule has 6 rings (SSSR count). The van der Waals surface area contributed by atoms with E-state index in [0.717, 1.165) is 43.5 Å². The second-order valence-electron chi connectivity index (χ2n) is 13.1. The van der Waals surface area contributed by atoms with E-state index in [-0.39, 0.29) is 22.3 Å². The number of carbonyl (C=O) groups is 2. The Hall–Kier alpha value is -1.81. The van der Waals surface area contributed by atoms with Crippen LogP contribution in [0.2, 0.25) is 5.02 Å². The molecular formula is C29H38ClNO3. The molecule has 4 saturated carbocycles. The lowest BCUT2D eigenvalue weighted by Crippen LogP contribution is -2.60. The van der Waals surface area contributed by atoms with E-state index in [1.807, 2.05) is 4.90 Å². The third-order valence-corrected chi connectivity index (χ3v) is 9.72. The summed E-state index contributed by atoms with van der Waals surface area (Å²) in [6.07, 6.45) is 10.4. The average molecular weight is 484 g/mol. The summed E-state index contributed by atoms with van der Waals surface area (Å²) in [5.41, 5.74) is 2.76. The van der Waals surface area contributed by atoms with Gasteiger partial charge in [0.1, 0.15) is 0 Å². The molecule has 5 aliphatic rings. The molecule has 2 atom stereocenters. The van der Waals surface area contributed by atoms with Crippen LogP contribution < -0.4 is 0 Å². The predicted octanol–water partition coefficient (Wildman–Crippen LogP) is 6.89. The Balaban J connectivity index is 1.47. The number of amides is 1. The largest absolute Gasteiger partial charge is 0.481 e. The van der Waals surface area contributed by atoms with E-state index in [1.54, 1.807) is 0 Å². The van der Waals surface area contributed by atoms with Crippen molar-refractivity contribution in [2.45, 2.75) is 103 Å². The Labute approximate surface area is 208 Å². The van der Waals surface area contributed by atoms with Gasteiger partial charge >= 0.3 is 5.97 Å². The minimum absolute atomic E-state index is 0.145. The molecule has 4 fully saturated rings. The number of allylic oxidation sites excluding steroid dienone is 1. The highest BCUT2D eigenvalue weighted by atomic mass is 35.5. The van der Waals surface area contributed by atoms with E-state index in [2.05, 4.69) is 52.1 Å². The SMILES string of the molecule is CC1CC[C@@]2(c3ccc(CCC(C)(C)C)c(Cl)c3)CC(=O)N(C34CCC(C(=O)O)(C3)C4)C=C2C1. The third-order valence-electron chi connectivity index (χ3n) is 9.37. The van der Waals surface area contributed by atoms with E-state index in [9.17, 15) is 14.7 Å². The van der Waals surface area contributed by atoms with Gasteiger partial charge in [0.25, 0.3) is 0 Å². The van der Waals surface area contributed by atoms with Crippen LogP contribution in [0.15, 0.2) is 30.0 Å². The molecule has 1 unspecified atom stereocenters. The molecule has 0 spiro atoms. The van der Waals surface area contributed by atoms with Gasteiger partial charge < -0.3 is 10.0 Å². The van der Waals surface area contributed by atoms with Gasteiger partial charge in [0.15, 0.2) is 0 Å². The van der Waals surface area contributed by atoms with Crippen molar-refractivity contribution in [2.75, 3.05) is 0 Å². The first-order valence-electron chi connectivity index (χ1n) is 12.9. The molecule has 4 aliphatic carbocycles. The first-order valence-corrected chi connectivity index (χ1v) is 13.3. The van der Waals surface area contributed by atoms with Gasteiger partial charge in [0.2, 0.25) is 5.91 Å². The molecule has 5 heteroatoms. The number of carboxylic acid groups (broad SMARTS) is 1. The van der Waals surface area contributed by atoms with Gasteiger partial charge in [-0.1, -0.05) is 51.4 Å². The smallest absolute Gasteiger partial charge is 0.309 e. The van der Waals surface area contributed by atoms with Gasteiger partial charge in [0, 0.05) is 28.6 Å². The number of aryl methyl sites for hydroxylation is 1. The third kappa shape index (κ3) is 3.72. The minimum Gasteiger partial charge on any atom is -0.481 e. The maximum atomic E-state index is 13.7. The van der Waals surface area contributed by atoms with Crippen LogP contribution in [-0.2, 0) is 21.4 Å². The summed E-state index contributed by atoms with van der Waals surface area (Å²) in [7, 11) is 0. The van der Waals surface area contributed by atoms with Crippen molar-refractivity contribution in [1.82, 2.24) is 4.90 Å². The number of aliphatic carboxylic acids is 1. The second-order valence-corrected chi connectivity index (χ2v) is 13.5. The normalized spacial score (nSPS) is 35.0. The first-order chi connectivity index (χ1) is 15.9. The molecular weight excluding hydrogens is 446 g/mol. The molecule has 4 nitrogen and oxygen atoms in total. The number of nitrogens with zero attached hydrogens (tertiary/aromatic N) is 1. The van der Waals surface area contributed by atoms with Gasteiger partial charge in [-0.25, -0.2) is 0 Å². The fourth-order valence-corrected chi connectivity index (χ4v) is 7.52. The molecule has 34 heavy (non-hydrogen) atoms. The van der Waals surface area contributed by atoms with Crippen LogP contribution >= 0.6 is 11.6 Å². The monoisotopic (exact) mass is 483 g/mol. The summed E-state index contributed by atoms with van der Waals surface area (Å²) in [5.74, 6) is 0.0308. The van der Waals surface area contributed by atoms with Crippen molar-refractivity contribution in [2.24, 2.45) is 16.7 Å². The second kappa shape index (κ2) is 7.85. The maximum Gasteiger partial charge on any atom is 0.309 e. The maximum absolute atomic E-state index is 13.7. The van der Waals surface area contributed by atoms with Crippen molar-refractivity contribution in [3.8, 4) is 0 Å². The Morgan fingerprint density at radius 2 is 1.94 bits per heavy atom. The lowest BCUT2D eigenvalue weighted by molar-refractivity contribution is -0.161. The van der Waals surface area contributed by atoms with Crippen molar-refractivity contribution in [3.63, 3.8) is 0 Å². The van der Waals surface area contributed by atoms with E-state index in [4.69, 9.17) is 11.6 Å². The highest BCUT2D eigenvalue weighted by Gasteiger charge is 2.68. The number of carboxylic acids is 1. The van der Waals surface area contributed by atoms with Gasteiger partial charge in [-0.05, 0) is 91.9 Å². The summed E-state index contributed by atoms with van der Waals surface area (Å²) in [5, 5.41) is 10.5. The number of halogens is 1. The topological polar surface area (TPSA) is 57.6 Å². The number of benzene rings is 1. The molecule has 1 N–H and O–H groups in total. The summed E-state index contributed by atoms with van der Waals surface area (Å²) in [6.45, 7) is 9.04. The van der Waals surface area contributed by atoms with Gasteiger partial charge in [0.05, 0.1) is 5.41 Å². The van der Waals surface area contributed by atoms with Gasteiger partial charge in [-0.2, -0.15) is 0 Å². The molecule has 1 aromatic carbocycles. The number of carbonyl (C=O) groups excluding carboxylic acids is 1. The van der Waals surface area contributed by atoms with Crippen LogP contribution in [-0.4, -0.2) is 27.4 Å². The van der Waals surface area contributed by atoms with E-state index in [1.165, 1.54) is 16.7 Å². The van der Waals surface area contributed by atoms with E-state index in [0.29, 0.717) is 31.6 Å². The van der Waals surface area contributed by atoms with Crippen molar-refractivity contribution < 1.29 is 14.7 Å². The zero-order chi connectivity index (χ0) is 24.5. The summed E-state index contributed by atoms with van der Waals surface area (Å²) in [6, 6.07) is 6.51. The lowest BCUT2D eigenvalue weighted by atomic mass is 9.59. The first kappa shape index (κ1) is 23.9. The Kier molecular flexibility index (Phi) is 5.52. The molecule has 1 aromatic rings. The van der Waals surface area contributed by atoms with Crippen molar-refractivity contribution in [1.29, 1.82) is 0 Å². The minimum atomic E-state index is -0.695. The molecule has 0 saturated heterocycles. The average Bonchev–Trinajstić information content (AvgIpc) is 3.30. The molecule has 1 heterocycles. The van der Waals surface area contributed by atoms with E-state index < -0.39 is 11.4 Å². The number of fused-ring (bicyclic) bond motifs is 2. The summed E-state index contributed by atoms with van der Waals surface area (Å²) < 4.78 is 0. The molecule has 1 amide bonds. The Morgan fingerprint density at radius 1 is 1.21 bits per heavy atom. The highest BCUT2D eigenvalue weighted by Crippen LogP contribution is 2.65. The molecule has 1 aliphatic heterocycles. The van der Waals surface area contributed by atoms with Crippen LogP contribution in [0.25, 0.3) is 0 Å². The quantitative estimate of drug-likeness (QED) is 0.496. The number of hydrogen-bond donors (Lipinski definition) is 1. The van der Waals surface area contributed by atoms with Crippen LogP contribution in [0, 0.1) is 16.7 Å². The molecule has 184 valence electrons. The molecule has 2 bridgehead atoms. The van der Waals surface area contributed by atoms with E-state index >= 15 is 0 Å². The van der Waals surface area contributed by atoms with Crippen LogP contribution in [0.1, 0.15) is 96.6 Å². The zero-order valence-corrected chi connectivity index (χ0v) is 21.8. The highest BCUT2D eigenvalue weighted by molar-refractivity contribution is 6.31.